The largest absolute Gasteiger partial charge is 0.465 e. The molecule has 2 N–H and O–H groups in total. The number of imide groups is 1. The van der Waals surface area contributed by atoms with E-state index in [1.54, 1.807) is 12.1 Å². The van der Waals surface area contributed by atoms with E-state index < -0.39 is 28.3 Å². The van der Waals surface area contributed by atoms with Crippen molar-refractivity contribution < 1.29 is 28.4 Å². The molecular weight excluding hydrogens is 358 g/mol. The van der Waals surface area contributed by atoms with Gasteiger partial charge in [0, 0.05) is 6.08 Å². The van der Waals surface area contributed by atoms with Gasteiger partial charge in [-0.25, -0.2) is 4.79 Å². The van der Waals surface area contributed by atoms with Crippen LogP contribution in [0.3, 0.4) is 0 Å². The molecule has 1 aromatic rings. The van der Waals surface area contributed by atoms with Gasteiger partial charge in [-0.3, -0.25) is 25.0 Å². The lowest BCUT2D eigenvalue weighted by Gasteiger charge is -2.01. The van der Waals surface area contributed by atoms with E-state index in [9.17, 15) is 19.2 Å². The number of carbonyl (C=O) groups excluding carboxylic acids is 4. The molecule has 2 saturated heterocycles. The third-order valence-corrected chi connectivity index (χ3v) is 4.69. The van der Waals surface area contributed by atoms with Crippen molar-refractivity contribution in [3.05, 3.63) is 29.1 Å². The number of hydrogen-bond acceptors (Lipinski definition) is 9. The lowest BCUT2D eigenvalue weighted by molar-refractivity contribution is -0.144. The van der Waals surface area contributed by atoms with Crippen LogP contribution in [0.2, 0.25) is 0 Å². The van der Waals surface area contributed by atoms with Crippen LogP contribution in [0.15, 0.2) is 32.9 Å². The summed E-state index contributed by atoms with van der Waals surface area (Å²) in [4.78, 5) is 50.7. The summed E-state index contributed by atoms with van der Waals surface area (Å²) in [5.41, 5.74) is 0. The Morgan fingerprint density at radius 2 is 2.21 bits per heavy atom. The maximum Gasteiger partial charge on any atom is 0.336 e. The van der Waals surface area contributed by atoms with Gasteiger partial charge in [-0.15, -0.1) is 0 Å². The number of furan rings is 1. The molecule has 3 rings (SSSR count). The molecule has 2 fully saturated rings. The summed E-state index contributed by atoms with van der Waals surface area (Å²) in [6.45, 7) is 0. The number of oxime groups is 1. The Labute approximate surface area is 143 Å². The predicted molar refractivity (Wildman–Crippen MR) is 85.5 cm³/mol. The molecule has 3 heterocycles. The Balaban J connectivity index is 1.55. The van der Waals surface area contributed by atoms with Gasteiger partial charge in [-0.1, -0.05) is 11.8 Å². The Bertz CT molecular complexity index is 771. The van der Waals surface area contributed by atoms with Crippen molar-refractivity contribution in [3.63, 3.8) is 0 Å². The minimum atomic E-state index is -0.828. The van der Waals surface area contributed by atoms with E-state index in [0.717, 1.165) is 23.5 Å². The average molecular weight is 367 g/mol. The van der Waals surface area contributed by atoms with Crippen molar-refractivity contribution in [1.29, 1.82) is 0 Å². The van der Waals surface area contributed by atoms with Crippen molar-refractivity contribution in [2.45, 2.75) is 11.7 Å². The molecule has 1 atom stereocenters. The Morgan fingerprint density at radius 3 is 2.88 bits per heavy atom. The average Bonchev–Trinajstić information content (AvgIpc) is 3.21. The molecule has 0 aliphatic carbocycles. The fraction of sp³-hybridized carbons (Fsp3) is 0.154. The first-order chi connectivity index (χ1) is 11.5. The van der Waals surface area contributed by atoms with E-state index in [4.69, 9.17) is 4.42 Å². The summed E-state index contributed by atoms with van der Waals surface area (Å²) in [7, 11) is 0. The van der Waals surface area contributed by atoms with Crippen LogP contribution >= 0.6 is 23.5 Å². The smallest absolute Gasteiger partial charge is 0.336 e. The second-order valence-corrected chi connectivity index (χ2v) is 6.73. The lowest BCUT2D eigenvalue weighted by atomic mass is 10.3. The topological polar surface area (TPSA) is 127 Å². The zero-order valence-electron chi connectivity index (χ0n) is 11.8. The SMILES string of the molecule is O=C(C[C@@H]1SC(=O)NC1=O)O/N=C1/NC(=O)/C(=C\c2ccco2)S1. The van der Waals surface area contributed by atoms with E-state index in [1.165, 1.54) is 12.3 Å². The molecule has 0 aromatic carbocycles. The third kappa shape index (κ3) is 3.86. The second-order valence-electron chi connectivity index (χ2n) is 4.53. The summed E-state index contributed by atoms with van der Waals surface area (Å²) in [5.74, 6) is -1.23. The van der Waals surface area contributed by atoms with Crippen molar-refractivity contribution in [2.75, 3.05) is 0 Å². The van der Waals surface area contributed by atoms with Crippen LogP contribution in [0.1, 0.15) is 12.2 Å². The zero-order chi connectivity index (χ0) is 17.1. The molecule has 0 unspecified atom stereocenters. The highest BCUT2D eigenvalue weighted by atomic mass is 32.2. The van der Waals surface area contributed by atoms with Gasteiger partial charge < -0.3 is 9.25 Å². The Hall–Kier alpha value is -2.53. The monoisotopic (exact) mass is 367 g/mol. The van der Waals surface area contributed by atoms with Gasteiger partial charge in [0.2, 0.25) is 11.1 Å². The number of thioether (sulfide) groups is 2. The highest BCUT2D eigenvalue weighted by Gasteiger charge is 2.34. The minimum Gasteiger partial charge on any atom is -0.465 e. The maximum atomic E-state index is 11.8. The molecule has 3 amide bonds. The number of carbonyl (C=O) groups is 4. The maximum absolute atomic E-state index is 11.8. The molecule has 24 heavy (non-hydrogen) atoms. The van der Waals surface area contributed by atoms with Crippen LogP contribution in [0.25, 0.3) is 6.08 Å². The van der Waals surface area contributed by atoms with E-state index in [-0.39, 0.29) is 11.6 Å². The molecule has 9 nitrogen and oxygen atoms in total. The molecule has 1 aromatic heterocycles. The first kappa shape index (κ1) is 16.3. The van der Waals surface area contributed by atoms with Gasteiger partial charge in [-0.05, 0) is 29.1 Å². The number of amidine groups is 1. The predicted octanol–water partition coefficient (Wildman–Crippen LogP) is 1.04. The van der Waals surface area contributed by atoms with Crippen molar-refractivity contribution in [2.24, 2.45) is 5.16 Å². The van der Waals surface area contributed by atoms with E-state index >= 15 is 0 Å². The number of nitrogens with zero attached hydrogens (tertiary/aromatic N) is 1. The molecular formula is C13H9N3O6S2. The molecule has 0 spiro atoms. The fourth-order valence-electron chi connectivity index (χ4n) is 1.78. The van der Waals surface area contributed by atoms with Crippen LogP contribution in [0, 0.1) is 0 Å². The summed E-state index contributed by atoms with van der Waals surface area (Å²) in [5, 5.41) is 6.79. The molecule has 0 saturated carbocycles. The fourth-order valence-corrected chi connectivity index (χ4v) is 3.33. The summed E-state index contributed by atoms with van der Waals surface area (Å²) >= 11 is 1.70. The van der Waals surface area contributed by atoms with E-state index in [2.05, 4.69) is 20.6 Å². The highest BCUT2D eigenvalue weighted by molar-refractivity contribution is 8.18. The summed E-state index contributed by atoms with van der Waals surface area (Å²) in [6, 6.07) is 3.37. The van der Waals surface area contributed by atoms with Gasteiger partial charge in [0.1, 0.15) is 11.0 Å². The Kier molecular flexibility index (Phi) is 4.71. The van der Waals surface area contributed by atoms with E-state index in [1.807, 2.05) is 0 Å². The van der Waals surface area contributed by atoms with Crippen LogP contribution < -0.4 is 10.6 Å². The quantitative estimate of drug-likeness (QED) is 0.459. The van der Waals surface area contributed by atoms with E-state index in [0.29, 0.717) is 10.7 Å². The molecule has 0 radical (unpaired) electrons. The lowest BCUT2D eigenvalue weighted by Crippen LogP contribution is -2.26. The standard InChI is InChI=1S/C13H9N3O6S2/c17-9(5-8-11(19)15-13(20)24-8)22-16-12-14-10(18)7(23-12)4-6-2-1-3-21-6/h1-4,8H,5H2,(H,14,16,18)(H,15,19,20)/b7-4+/t8-/m0/s1. The van der Waals surface area contributed by atoms with Gasteiger partial charge in [0.05, 0.1) is 17.6 Å². The van der Waals surface area contributed by atoms with Gasteiger partial charge in [0.15, 0.2) is 0 Å². The molecule has 11 heteroatoms. The first-order valence-corrected chi connectivity index (χ1v) is 8.24. The summed E-state index contributed by atoms with van der Waals surface area (Å²) in [6.07, 6.45) is 2.70. The van der Waals surface area contributed by atoms with Crippen LogP contribution in [0.5, 0.6) is 0 Å². The Morgan fingerprint density at radius 1 is 1.38 bits per heavy atom. The zero-order valence-corrected chi connectivity index (χ0v) is 13.4. The van der Waals surface area contributed by atoms with Crippen LogP contribution in [-0.2, 0) is 19.2 Å². The third-order valence-electron chi connectivity index (χ3n) is 2.82. The van der Waals surface area contributed by atoms with Crippen LogP contribution in [0.4, 0.5) is 4.79 Å². The second kappa shape index (κ2) is 6.93. The van der Waals surface area contributed by atoms with Crippen LogP contribution in [-0.4, -0.2) is 33.4 Å². The van der Waals surface area contributed by atoms with Gasteiger partial charge in [-0.2, -0.15) is 0 Å². The molecule has 2 aliphatic heterocycles. The number of amides is 3. The number of nitrogens with one attached hydrogen (secondary N) is 2. The minimum absolute atomic E-state index is 0.0887. The van der Waals surface area contributed by atoms with Gasteiger partial charge >= 0.3 is 5.97 Å². The first-order valence-electron chi connectivity index (χ1n) is 6.55. The molecule has 0 bridgehead atoms. The molecule has 124 valence electrons. The summed E-state index contributed by atoms with van der Waals surface area (Å²) < 4.78 is 5.11. The molecule has 2 aliphatic rings. The number of hydrogen-bond donors (Lipinski definition) is 2. The van der Waals surface area contributed by atoms with Crippen molar-refractivity contribution >= 4 is 57.8 Å². The van der Waals surface area contributed by atoms with Gasteiger partial charge in [0.25, 0.3) is 11.1 Å². The van der Waals surface area contributed by atoms with Crippen molar-refractivity contribution in [1.82, 2.24) is 10.6 Å². The van der Waals surface area contributed by atoms with Crippen molar-refractivity contribution in [3.8, 4) is 0 Å². The highest BCUT2D eigenvalue weighted by Crippen LogP contribution is 2.26. The normalized spacial score (nSPS) is 23.7. The number of rotatable bonds is 4.